The smallest absolute Gasteiger partial charge is 0.436 e. The summed E-state index contributed by atoms with van der Waals surface area (Å²) in [6.45, 7) is -1.03. The second-order valence-electron chi connectivity index (χ2n) is 6.55. The van der Waals surface area contributed by atoms with Crippen molar-refractivity contribution in [2.24, 2.45) is 0 Å². The second-order valence-corrected chi connectivity index (χ2v) is 6.55. The Morgan fingerprint density at radius 2 is 1.94 bits per heavy atom. The van der Waals surface area contributed by atoms with E-state index >= 15 is 0 Å². The van der Waals surface area contributed by atoms with Crippen LogP contribution in [0.25, 0.3) is 5.65 Å². The zero-order chi connectivity index (χ0) is 22.6. The quantitative estimate of drug-likeness (QED) is 0.623. The number of nitrogens with one attached hydrogen (secondary N) is 1. The maximum atomic E-state index is 13.2. The fourth-order valence-corrected chi connectivity index (χ4v) is 3.12. The van der Waals surface area contributed by atoms with Crippen LogP contribution in [-0.4, -0.2) is 37.5 Å². The Hall–Kier alpha value is -3.58. The van der Waals surface area contributed by atoms with Gasteiger partial charge in [-0.15, -0.1) is 0 Å². The number of ketones is 1. The molecule has 1 aliphatic rings. The van der Waals surface area contributed by atoms with Crippen molar-refractivity contribution in [1.82, 2.24) is 19.2 Å². The van der Waals surface area contributed by atoms with Gasteiger partial charge in [0, 0.05) is 25.0 Å². The molecule has 14 heteroatoms. The normalized spacial score (nSPS) is 14.5. The molecule has 0 fully saturated rings. The molecule has 0 unspecified atom stereocenters. The number of nitrogens with zero attached hydrogens (tertiary/aromatic N) is 4. The molecule has 31 heavy (non-hydrogen) atoms. The zero-order valence-corrected chi connectivity index (χ0v) is 15.2. The molecule has 0 saturated carbocycles. The topological polar surface area (TPSA) is 90.5 Å². The first-order valence-electron chi connectivity index (χ1n) is 8.63. The Labute approximate surface area is 168 Å². The third kappa shape index (κ3) is 3.80. The van der Waals surface area contributed by atoms with Crippen LogP contribution in [0, 0.1) is 0 Å². The van der Waals surface area contributed by atoms with Crippen LogP contribution in [0.5, 0.6) is 5.88 Å². The minimum atomic E-state index is -4.97. The Morgan fingerprint density at radius 1 is 1.19 bits per heavy atom. The molecule has 0 aliphatic carbocycles. The predicted molar refractivity (Wildman–Crippen MR) is 90.5 cm³/mol. The van der Waals surface area contributed by atoms with Crippen LogP contribution in [-0.2, 0) is 23.7 Å². The van der Waals surface area contributed by atoms with Crippen molar-refractivity contribution in [2.45, 2.75) is 25.3 Å². The van der Waals surface area contributed by atoms with Gasteiger partial charge in [-0.3, -0.25) is 9.59 Å². The molecule has 8 nitrogen and oxygen atoms in total. The maximum Gasteiger partial charge on any atom is 0.436 e. The minimum absolute atomic E-state index is 0.00810. The standard InChI is InChI=1S/C17H11F6N5O3/c18-16(19,20)8-5-9(14-24-2-3-27(14)6-8)25-11(30)7-28-15-12(10(29)1-4-31-15)13(26-28)17(21,22)23/h2-3,5-6H,1,4,7H2,(H,25,30). The van der Waals surface area contributed by atoms with Gasteiger partial charge in [0.15, 0.2) is 17.1 Å². The number of amides is 1. The van der Waals surface area contributed by atoms with Gasteiger partial charge < -0.3 is 14.5 Å². The van der Waals surface area contributed by atoms with Gasteiger partial charge in [-0.25, -0.2) is 9.67 Å². The molecule has 3 aromatic rings. The number of Topliss-reactive ketones (excluding diaryl/α,β-unsaturated/α-hetero) is 1. The summed E-state index contributed by atoms with van der Waals surface area (Å²) in [6.07, 6.45) is -6.74. The molecule has 1 aliphatic heterocycles. The SMILES string of the molecule is O=C(Cn1nc(C(F)(F)F)c2c1OCCC2=O)Nc1cc(C(F)(F)F)cn2ccnc12. The number of pyridine rings is 1. The van der Waals surface area contributed by atoms with E-state index in [1.54, 1.807) is 0 Å². The Bertz CT molecular complexity index is 1190. The first-order valence-corrected chi connectivity index (χ1v) is 8.63. The highest BCUT2D eigenvalue weighted by atomic mass is 19.4. The highest BCUT2D eigenvalue weighted by Gasteiger charge is 2.43. The molecule has 0 radical (unpaired) electrons. The molecule has 0 aromatic carbocycles. The third-order valence-corrected chi connectivity index (χ3v) is 4.40. The molecule has 1 N–H and O–H groups in total. The van der Waals surface area contributed by atoms with Crippen LogP contribution in [0.15, 0.2) is 24.7 Å². The fraction of sp³-hybridized carbons (Fsp3) is 0.294. The van der Waals surface area contributed by atoms with Crippen LogP contribution in [0.3, 0.4) is 0 Å². The van der Waals surface area contributed by atoms with E-state index in [1.807, 2.05) is 0 Å². The van der Waals surface area contributed by atoms with Crippen LogP contribution >= 0.6 is 0 Å². The first-order chi connectivity index (χ1) is 14.4. The molecule has 4 rings (SSSR count). The molecule has 0 bridgehead atoms. The summed E-state index contributed by atoms with van der Waals surface area (Å²) in [7, 11) is 0. The number of rotatable bonds is 3. The van der Waals surface area contributed by atoms with Crippen molar-refractivity contribution in [3.63, 3.8) is 0 Å². The van der Waals surface area contributed by atoms with Crippen molar-refractivity contribution >= 4 is 23.0 Å². The van der Waals surface area contributed by atoms with Gasteiger partial charge in [0.05, 0.1) is 17.9 Å². The molecule has 1 amide bonds. The number of imidazole rings is 1. The number of fused-ring (bicyclic) bond motifs is 2. The summed E-state index contributed by atoms with van der Waals surface area (Å²) in [5.41, 5.74) is -3.65. The van der Waals surface area contributed by atoms with Crippen molar-refractivity contribution < 1.29 is 40.7 Å². The fourth-order valence-electron chi connectivity index (χ4n) is 3.12. The van der Waals surface area contributed by atoms with E-state index in [-0.39, 0.29) is 24.4 Å². The third-order valence-electron chi connectivity index (χ3n) is 4.40. The van der Waals surface area contributed by atoms with E-state index < -0.39 is 53.3 Å². The van der Waals surface area contributed by atoms with E-state index in [1.165, 1.54) is 12.4 Å². The van der Waals surface area contributed by atoms with E-state index in [9.17, 15) is 35.9 Å². The lowest BCUT2D eigenvalue weighted by atomic mass is 10.1. The average molecular weight is 447 g/mol. The Morgan fingerprint density at radius 3 is 2.61 bits per heavy atom. The number of halogens is 6. The molecule has 164 valence electrons. The maximum absolute atomic E-state index is 13.2. The molecule has 0 saturated heterocycles. The van der Waals surface area contributed by atoms with E-state index in [4.69, 9.17) is 4.74 Å². The lowest BCUT2D eigenvalue weighted by Gasteiger charge is -2.15. The van der Waals surface area contributed by atoms with Gasteiger partial charge in [0.1, 0.15) is 12.1 Å². The summed E-state index contributed by atoms with van der Waals surface area (Å²) >= 11 is 0. The summed E-state index contributed by atoms with van der Waals surface area (Å²) in [6, 6.07) is 0.653. The summed E-state index contributed by atoms with van der Waals surface area (Å²) < 4.78 is 85.8. The Kier molecular flexibility index (Phi) is 4.66. The van der Waals surface area contributed by atoms with Crippen LogP contribution in [0.1, 0.15) is 28.0 Å². The van der Waals surface area contributed by atoms with E-state index in [0.717, 1.165) is 10.6 Å². The lowest BCUT2D eigenvalue weighted by molar-refractivity contribution is -0.142. The number of anilines is 1. The largest absolute Gasteiger partial charge is 0.477 e. The first kappa shape index (κ1) is 20.7. The van der Waals surface area contributed by atoms with Gasteiger partial charge >= 0.3 is 12.4 Å². The minimum Gasteiger partial charge on any atom is -0.477 e. The van der Waals surface area contributed by atoms with E-state index in [2.05, 4.69) is 15.4 Å². The molecular weight excluding hydrogens is 436 g/mol. The molecule has 0 atom stereocenters. The molecule has 3 aromatic heterocycles. The predicted octanol–water partition coefficient (Wildman–Crippen LogP) is 3.17. The van der Waals surface area contributed by atoms with Gasteiger partial charge in [-0.2, -0.15) is 31.4 Å². The highest BCUT2D eigenvalue weighted by Crippen LogP contribution is 2.38. The zero-order valence-electron chi connectivity index (χ0n) is 15.2. The van der Waals surface area contributed by atoms with Crippen molar-refractivity contribution in [3.8, 4) is 5.88 Å². The monoisotopic (exact) mass is 447 g/mol. The summed E-state index contributed by atoms with van der Waals surface area (Å²) in [5.74, 6) is -2.35. The number of ether oxygens (including phenoxy) is 1. The number of hydrogen-bond donors (Lipinski definition) is 1. The molecule has 0 spiro atoms. The Balaban J connectivity index is 1.66. The second kappa shape index (κ2) is 6.99. The number of carbonyl (C=O) groups excluding carboxylic acids is 2. The highest BCUT2D eigenvalue weighted by molar-refractivity contribution is 6.01. The summed E-state index contributed by atoms with van der Waals surface area (Å²) in [5, 5.41) is 5.48. The van der Waals surface area contributed by atoms with Gasteiger partial charge in [-0.05, 0) is 6.07 Å². The van der Waals surface area contributed by atoms with Gasteiger partial charge in [0.2, 0.25) is 11.8 Å². The van der Waals surface area contributed by atoms with Gasteiger partial charge in [0.25, 0.3) is 0 Å². The average Bonchev–Trinajstić information content (AvgIpc) is 3.26. The van der Waals surface area contributed by atoms with Crippen LogP contribution < -0.4 is 10.1 Å². The summed E-state index contributed by atoms with van der Waals surface area (Å²) in [4.78, 5) is 28.2. The van der Waals surface area contributed by atoms with Crippen molar-refractivity contribution in [1.29, 1.82) is 0 Å². The molecular formula is C17H11F6N5O3. The number of carbonyl (C=O) groups is 2. The van der Waals surface area contributed by atoms with Crippen LogP contribution in [0.4, 0.5) is 32.0 Å². The van der Waals surface area contributed by atoms with E-state index in [0.29, 0.717) is 10.7 Å². The van der Waals surface area contributed by atoms with Gasteiger partial charge in [-0.1, -0.05) is 0 Å². The van der Waals surface area contributed by atoms with Crippen molar-refractivity contribution in [3.05, 3.63) is 41.5 Å². The van der Waals surface area contributed by atoms with Crippen molar-refractivity contribution in [2.75, 3.05) is 11.9 Å². The molecule has 4 heterocycles. The number of alkyl halides is 6. The lowest BCUT2D eigenvalue weighted by Crippen LogP contribution is -2.23. The van der Waals surface area contributed by atoms with Crippen LogP contribution in [0.2, 0.25) is 0 Å². The number of hydrogen-bond acceptors (Lipinski definition) is 5. The number of aromatic nitrogens is 4.